The van der Waals surface area contributed by atoms with E-state index >= 15 is 0 Å². The van der Waals surface area contributed by atoms with Crippen molar-refractivity contribution in [3.63, 3.8) is 0 Å². The minimum atomic E-state index is 1.14. The predicted octanol–water partition coefficient (Wildman–Crippen LogP) is 14.8. The molecular formula is C54H37N. The van der Waals surface area contributed by atoms with E-state index in [-0.39, 0.29) is 0 Å². The Hall–Kier alpha value is -7.22. The number of hydrogen-bond donors (Lipinski definition) is 0. The monoisotopic (exact) mass is 699 g/mol. The lowest BCUT2D eigenvalue weighted by Crippen LogP contribution is -1.96. The molecule has 0 atom stereocenters. The van der Waals surface area contributed by atoms with Gasteiger partial charge in [0.05, 0.1) is 11.0 Å². The van der Waals surface area contributed by atoms with Crippen molar-refractivity contribution in [2.45, 2.75) is 0 Å². The summed E-state index contributed by atoms with van der Waals surface area (Å²) in [4.78, 5) is 0. The Morgan fingerprint density at radius 3 is 1.04 bits per heavy atom. The van der Waals surface area contributed by atoms with Crippen LogP contribution in [-0.4, -0.2) is 4.57 Å². The zero-order valence-corrected chi connectivity index (χ0v) is 30.3. The number of para-hydroxylation sites is 2. The van der Waals surface area contributed by atoms with Crippen LogP contribution in [0, 0.1) is 0 Å². The number of fused-ring (bicyclic) bond motifs is 3. The smallest absolute Gasteiger partial charge is 0.0619 e. The summed E-state index contributed by atoms with van der Waals surface area (Å²) in [5, 5.41) is 2.46. The molecule has 0 saturated heterocycles. The SMILES string of the molecule is c1ccc(-c2cc(-c3ccccc3)cc(-c3cc(-c4cc(-c5ccccc5)cc(-c5ccccc5)c4)c4c(c3)c3ccccc3n4-c3ccccc3)c2)cc1. The fraction of sp³-hybridized carbons (Fsp3) is 0. The fourth-order valence-electron chi connectivity index (χ4n) is 8.10. The highest BCUT2D eigenvalue weighted by Crippen LogP contribution is 2.44. The first-order chi connectivity index (χ1) is 27.3. The summed E-state index contributed by atoms with van der Waals surface area (Å²) in [6, 6.07) is 81.6. The molecular weight excluding hydrogens is 663 g/mol. The van der Waals surface area contributed by atoms with Gasteiger partial charge in [0.15, 0.2) is 0 Å². The molecule has 1 heteroatoms. The maximum absolute atomic E-state index is 2.46. The molecule has 1 heterocycles. The topological polar surface area (TPSA) is 4.93 Å². The molecule has 55 heavy (non-hydrogen) atoms. The second-order valence-electron chi connectivity index (χ2n) is 14.2. The minimum Gasteiger partial charge on any atom is -0.309 e. The Morgan fingerprint density at radius 1 is 0.236 bits per heavy atom. The van der Waals surface area contributed by atoms with Gasteiger partial charge in [-0.25, -0.2) is 0 Å². The minimum absolute atomic E-state index is 1.14. The van der Waals surface area contributed by atoms with Crippen LogP contribution in [0.25, 0.3) is 94.3 Å². The summed E-state index contributed by atoms with van der Waals surface area (Å²) in [6.45, 7) is 0. The highest BCUT2D eigenvalue weighted by Gasteiger charge is 2.20. The van der Waals surface area contributed by atoms with Crippen LogP contribution in [0.5, 0.6) is 0 Å². The van der Waals surface area contributed by atoms with Crippen molar-refractivity contribution in [3.8, 4) is 72.4 Å². The van der Waals surface area contributed by atoms with Crippen LogP contribution in [0.4, 0.5) is 0 Å². The van der Waals surface area contributed by atoms with E-state index in [0.29, 0.717) is 0 Å². The average Bonchev–Trinajstić information content (AvgIpc) is 3.61. The zero-order chi connectivity index (χ0) is 36.6. The Morgan fingerprint density at radius 2 is 0.582 bits per heavy atom. The van der Waals surface area contributed by atoms with Crippen molar-refractivity contribution < 1.29 is 0 Å². The molecule has 0 fully saturated rings. The van der Waals surface area contributed by atoms with Gasteiger partial charge in [-0.15, -0.1) is 0 Å². The number of hydrogen-bond acceptors (Lipinski definition) is 0. The Labute approximate surface area is 322 Å². The van der Waals surface area contributed by atoms with Crippen molar-refractivity contribution in [1.82, 2.24) is 4.57 Å². The lowest BCUT2D eigenvalue weighted by atomic mass is 9.89. The van der Waals surface area contributed by atoms with Crippen molar-refractivity contribution >= 4 is 21.8 Å². The Bertz CT molecular complexity index is 2810. The quantitative estimate of drug-likeness (QED) is 0.156. The molecule has 0 unspecified atom stereocenters. The lowest BCUT2D eigenvalue weighted by molar-refractivity contribution is 1.18. The average molecular weight is 700 g/mol. The van der Waals surface area contributed by atoms with E-state index in [1.54, 1.807) is 0 Å². The van der Waals surface area contributed by atoms with Crippen LogP contribution in [0.2, 0.25) is 0 Å². The second kappa shape index (κ2) is 14.0. The van der Waals surface area contributed by atoms with Crippen LogP contribution in [0.1, 0.15) is 0 Å². The Balaban J connectivity index is 1.32. The summed E-state index contributed by atoms with van der Waals surface area (Å²) in [7, 11) is 0. The largest absolute Gasteiger partial charge is 0.309 e. The van der Waals surface area contributed by atoms with Gasteiger partial charge in [0.25, 0.3) is 0 Å². The Kier molecular flexibility index (Phi) is 8.24. The molecule has 0 aliphatic rings. The van der Waals surface area contributed by atoms with Gasteiger partial charge >= 0.3 is 0 Å². The molecule has 0 radical (unpaired) electrons. The molecule has 10 aromatic rings. The van der Waals surface area contributed by atoms with E-state index < -0.39 is 0 Å². The molecule has 0 saturated carbocycles. The van der Waals surface area contributed by atoms with Crippen LogP contribution in [0.3, 0.4) is 0 Å². The summed E-state index contributed by atoms with van der Waals surface area (Å²) >= 11 is 0. The van der Waals surface area contributed by atoms with Crippen molar-refractivity contribution in [2.75, 3.05) is 0 Å². The third kappa shape index (κ3) is 6.12. The normalized spacial score (nSPS) is 11.3. The molecule has 1 aromatic heterocycles. The molecule has 10 rings (SSSR count). The molecule has 258 valence electrons. The molecule has 1 nitrogen and oxygen atoms in total. The maximum Gasteiger partial charge on any atom is 0.0619 e. The molecule has 0 bridgehead atoms. The van der Waals surface area contributed by atoms with Crippen LogP contribution >= 0.6 is 0 Å². The summed E-state index contributed by atoms with van der Waals surface area (Å²) < 4.78 is 2.46. The van der Waals surface area contributed by atoms with Gasteiger partial charge in [-0.2, -0.15) is 0 Å². The third-order valence-electron chi connectivity index (χ3n) is 10.7. The summed E-state index contributed by atoms with van der Waals surface area (Å²) in [5.74, 6) is 0. The first-order valence-electron chi connectivity index (χ1n) is 18.9. The van der Waals surface area contributed by atoms with E-state index in [1.165, 1.54) is 88.6 Å². The van der Waals surface area contributed by atoms with E-state index in [4.69, 9.17) is 0 Å². The summed E-state index contributed by atoms with van der Waals surface area (Å²) in [5.41, 5.74) is 17.8. The summed E-state index contributed by atoms with van der Waals surface area (Å²) in [6.07, 6.45) is 0. The third-order valence-corrected chi connectivity index (χ3v) is 10.7. The van der Waals surface area contributed by atoms with Gasteiger partial charge in [0.2, 0.25) is 0 Å². The van der Waals surface area contributed by atoms with Crippen molar-refractivity contribution in [2.24, 2.45) is 0 Å². The van der Waals surface area contributed by atoms with Crippen LogP contribution < -0.4 is 0 Å². The number of nitrogens with zero attached hydrogens (tertiary/aromatic N) is 1. The molecule has 0 spiro atoms. The second-order valence-corrected chi connectivity index (χ2v) is 14.2. The molecule has 0 amide bonds. The van der Waals surface area contributed by atoms with E-state index in [1.807, 2.05) is 0 Å². The first kappa shape index (κ1) is 32.4. The van der Waals surface area contributed by atoms with E-state index in [0.717, 1.165) is 5.69 Å². The van der Waals surface area contributed by atoms with Gasteiger partial charge < -0.3 is 4.57 Å². The molecule has 9 aromatic carbocycles. The standard InChI is InChI=1S/C54H37N/c1-6-18-38(19-7-1)42-30-43(39-20-8-2-9-21-39)33-46(32-42)47-36-51(54-52(37-47)50-28-16-17-29-53(50)55(54)49-26-14-5-15-27-49)48-34-44(40-22-10-3-11-23-40)31-45(35-48)41-24-12-4-13-25-41/h1-37H. The van der Waals surface area contributed by atoms with E-state index in [9.17, 15) is 0 Å². The fourth-order valence-corrected chi connectivity index (χ4v) is 8.10. The molecule has 0 aliphatic heterocycles. The van der Waals surface area contributed by atoms with Gasteiger partial charge in [0, 0.05) is 22.0 Å². The van der Waals surface area contributed by atoms with Crippen LogP contribution in [-0.2, 0) is 0 Å². The maximum atomic E-state index is 2.46. The van der Waals surface area contributed by atoms with Gasteiger partial charge in [-0.1, -0.05) is 158 Å². The number of rotatable bonds is 7. The van der Waals surface area contributed by atoms with Crippen molar-refractivity contribution in [1.29, 1.82) is 0 Å². The highest BCUT2D eigenvalue weighted by atomic mass is 15.0. The van der Waals surface area contributed by atoms with E-state index in [2.05, 4.69) is 229 Å². The lowest BCUT2D eigenvalue weighted by Gasteiger charge is -2.17. The number of aromatic nitrogens is 1. The van der Waals surface area contributed by atoms with Crippen molar-refractivity contribution in [3.05, 3.63) is 224 Å². The highest BCUT2D eigenvalue weighted by molar-refractivity contribution is 6.15. The molecule has 0 aliphatic carbocycles. The first-order valence-corrected chi connectivity index (χ1v) is 18.9. The molecule has 0 N–H and O–H groups in total. The zero-order valence-electron chi connectivity index (χ0n) is 30.3. The van der Waals surface area contributed by atoms with Gasteiger partial charge in [-0.05, 0) is 128 Å². The van der Waals surface area contributed by atoms with Gasteiger partial charge in [0.1, 0.15) is 0 Å². The number of benzene rings is 9. The predicted molar refractivity (Wildman–Crippen MR) is 233 cm³/mol. The van der Waals surface area contributed by atoms with Crippen LogP contribution in [0.15, 0.2) is 224 Å². The van der Waals surface area contributed by atoms with Gasteiger partial charge in [-0.3, -0.25) is 0 Å².